The Balaban J connectivity index is 1.97. The number of hydrogen-bond donors (Lipinski definition) is 1. The zero-order chi connectivity index (χ0) is 14.9. The van der Waals surface area contributed by atoms with Gasteiger partial charge < -0.3 is 10.0 Å². The fourth-order valence-electron chi connectivity index (χ4n) is 1.99. The molecule has 0 radical (unpaired) electrons. The van der Waals surface area contributed by atoms with Gasteiger partial charge in [-0.25, -0.2) is 4.79 Å². The highest BCUT2D eigenvalue weighted by Crippen LogP contribution is 2.31. The Morgan fingerprint density at radius 1 is 1.25 bits per heavy atom. The van der Waals surface area contributed by atoms with Crippen LogP contribution in [-0.4, -0.2) is 51.3 Å². The molecule has 1 N–H and O–H groups in total. The number of aromatic carboxylic acids is 1. The van der Waals surface area contributed by atoms with E-state index in [0.29, 0.717) is 17.8 Å². The summed E-state index contributed by atoms with van der Waals surface area (Å²) in [7, 11) is 0. The normalized spacial score (nSPS) is 17.2. The molecular weight excluding hydrogens is 299 g/mol. The van der Waals surface area contributed by atoms with Crippen LogP contribution < -0.4 is 0 Å². The van der Waals surface area contributed by atoms with Crippen molar-refractivity contribution < 1.29 is 27.9 Å². The lowest BCUT2D eigenvalue weighted by Crippen LogP contribution is -2.45. The van der Waals surface area contributed by atoms with Gasteiger partial charge in [-0.3, -0.25) is 4.79 Å². The molecule has 1 aromatic heterocycles. The number of hydrogen-bond acceptors (Lipinski definition) is 5. The largest absolute Gasteiger partial charge is 0.476 e. The number of carboxylic acid groups (broad SMARTS) is 1. The minimum atomic E-state index is -4.86. The van der Waals surface area contributed by atoms with Gasteiger partial charge in [-0.15, -0.1) is 10.2 Å². The van der Waals surface area contributed by atoms with Crippen LogP contribution in [-0.2, 0) is 4.79 Å². The summed E-state index contributed by atoms with van der Waals surface area (Å²) >= 11 is 0.915. The maximum atomic E-state index is 12.3. The average Bonchev–Trinajstić information content (AvgIpc) is 2.86. The number of nitrogens with zero attached hydrogens (tertiary/aromatic N) is 3. The molecule has 2 rings (SSSR count). The van der Waals surface area contributed by atoms with Gasteiger partial charge in [-0.1, -0.05) is 11.3 Å². The standard InChI is InChI=1S/C10H10F3N3O3S/c11-10(12,13)9(19)16-3-1-5(2-4-16)6-14-15-7(20-6)8(17)18/h5H,1-4H2,(H,17,18). The molecule has 110 valence electrons. The first-order valence-electron chi connectivity index (χ1n) is 5.72. The van der Waals surface area contributed by atoms with Crippen LogP contribution in [0.3, 0.4) is 0 Å². The lowest BCUT2D eigenvalue weighted by Gasteiger charge is -2.31. The summed E-state index contributed by atoms with van der Waals surface area (Å²) in [6.07, 6.45) is -4.22. The summed E-state index contributed by atoms with van der Waals surface area (Å²) in [6.45, 7) is -0.0456. The Hall–Kier alpha value is -1.71. The maximum Gasteiger partial charge on any atom is 0.471 e. The first-order valence-corrected chi connectivity index (χ1v) is 6.53. The molecule has 0 unspecified atom stereocenters. The number of carboxylic acids is 1. The van der Waals surface area contributed by atoms with Gasteiger partial charge >= 0.3 is 18.1 Å². The quantitative estimate of drug-likeness (QED) is 0.895. The minimum Gasteiger partial charge on any atom is -0.476 e. The zero-order valence-electron chi connectivity index (χ0n) is 10.1. The van der Waals surface area contributed by atoms with Crippen LogP contribution in [0.5, 0.6) is 0 Å². The van der Waals surface area contributed by atoms with E-state index in [1.54, 1.807) is 0 Å². The van der Waals surface area contributed by atoms with Crippen molar-refractivity contribution in [3.63, 3.8) is 0 Å². The van der Waals surface area contributed by atoms with E-state index in [2.05, 4.69) is 10.2 Å². The lowest BCUT2D eigenvalue weighted by molar-refractivity contribution is -0.186. The van der Waals surface area contributed by atoms with Crippen molar-refractivity contribution in [3.05, 3.63) is 10.0 Å². The summed E-state index contributed by atoms with van der Waals surface area (Å²) in [5.74, 6) is -3.17. The third kappa shape index (κ3) is 3.06. The second kappa shape index (κ2) is 5.35. The van der Waals surface area contributed by atoms with Crippen LogP contribution in [0, 0.1) is 0 Å². The van der Waals surface area contributed by atoms with Crippen molar-refractivity contribution in [1.29, 1.82) is 0 Å². The summed E-state index contributed by atoms with van der Waals surface area (Å²) in [4.78, 5) is 22.5. The summed E-state index contributed by atoms with van der Waals surface area (Å²) in [5, 5.41) is 16.3. The van der Waals surface area contributed by atoms with Gasteiger partial charge in [-0.2, -0.15) is 13.2 Å². The van der Waals surface area contributed by atoms with Crippen LogP contribution >= 0.6 is 11.3 Å². The highest BCUT2D eigenvalue weighted by atomic mass is 32.1. The molecule has 10 heteroatoms. The summed E-state index contributed by atoms with van der Waals surface area (Å²) in [6, 6.07) is 0. The molecule has 1 fully saturated rings. The number of carbonyl (C=O) groups is 2. The van der Waals surface area contributed by atoms with Gasteiger partial charge in [-0.05, 0) is 12.8 Å². The number of halogens is 3. The van der Waals surface area contributed by atoms with Gasteiger partial charge in [0.2, 0.25) is 5.01 Å². The molecule has 0 saturated carbocycles. The number of piperidine rings is 1. The average molecular weight is 309 g/mol. The molecular formula is C10H10F3N3O3S. The highest BCUT2D eigenvalue weighted by Gasteiger charge is 2.43. The van der Waals surface area contributed by atoms with Gasteiger partial charge in [0, 0.05) is 19.0 Å². The first-order chi connectivity index (χ1) is 9.29. The maximum absolute atomic E-state index is 12.3. The number of amides is 1. The molecule has 1 amide bonds. The summed E-state index contributed by atoms with van der Waals surface area (Å²) < 4.78 is 36.8. The second-order valence-electron chi connectivity index (χ2n) is 4.31. The van der Waals surface area contributed by atoms with Crippen LogP contribution in [0.4, 0.5) is 13.2 Å². The van der Waals surface area contributed by atoms with E-state index < -0.39 is 18.1 Å². The predicted octanol–water partition coefficient (Wildman–Crippen LogP) is 1.50. The third-order valence-electron chi connectivity index (χ3n) is 3.00. The number of alkyl halides is 3. The molecule has 0 spiro atoms. The highest BCUT2D eigenvalue weighted by molar-refractivity contribution is 7.13. The fraction of sp³-hybridized carbons (Fsp3) is 0.600. The van der Waals surface area contributed by atoms with Crippen LogP contribution in [0.1, 0.15) is 33.6 Å². The second-order valence-corrected chi connectivity index (χ2v) is 5.32. The van der Waals surface area contributed by atoms with E-state index >= 15 is 0 Å². The first kappa shape index (κ1) is 14.7. The molecule has 2 heterocycles. The van der Waals surface area contributed by atoms with E-state index in [4.69, 9.17) is 5.11 Å². The molecule has 0 bridgehead atoms. The Bertz CT molecular complexity index is 523. The van der Waals surface area contributed by atoms with Crippen LogP contribution in [0.15, 0.2) is 0 Å². The number of rotatable bonds is 2. The van der Waals surface area contributed by atoms with Gasteiger partial charge in [0.1, 0.15) is 5.01 Å². The smallest absolute Gasteiger partial charge is 0.471 e. The van der Waals surface area contributed by atoms with Gasteiger partial charge in [0.25, 0.3) is 0 Å². The molecule has 1 aromatic rings. The van der Waals surface area contributed by atoms with Crippen molar-refractivity contribution in [2.45, 2.75) is 24.9 Å². The molecule has 20 heavy (non-hydrogen) atoms. The monoisotopic (exact) mass is 309 g/mol. The molecule has 0 aromatic carbocycles. The molecule has 0 aliphatic carbocycles. The van der Waals surface area contributed by atoms with E-state index in [0.717, 1.165) is 16.2 Å². The minimum absolute atomic E-state index is 0.0228. The van der Waals surface area contributed by atoms with Gasteiger partial charge in [0.05, 0.1) is 0 Å². The van der Waals surface area contributed by atoms with E-state index in [-0.39, 0.29) is 24.0 Å². The molecule has 0 atom stereocenters. The van der Waals surface area contributed by atoms with Crippen molar-refractivity contribution in [1.82, 2.24) is 15.1 Å². The Labute approximate surface area is 115 Å². The predicted molar refractivity (Wildman–Crippen MR) is 61.5 cm³/mol. The van der Waals surface area contributed by atoms with E-state index in [1.807, 2.05) is 0 Å². The van der Waals surface area contributed by atoms with E-state index in [1.165, 1.54) is 0 Å². The Morgan fingerprint density at radius 3 is 2.30 bits per heavy atom. The third-order valence-corrected chi connectivity index (χ3v) is 4.07. The van der Waals surface area contributed by atoms with E-state index in [9.17, 15) is 22.8 Å². The molecule has 1 aliphatic rings. The van der Waals surface area contributed by atoms with Crippen molar-refractivity contribution in [2.75, 3.05) is 13.1 Å². The Kier molecular flexibility index (Phi) is 3.93. The molecule has 1 aliphatic heterocycles. The molecule has 1 saturated heterocycles. The topological polar surface area (TPSA) is 83.4 Å². The fourth-order valence-corrected chi connectivity index (χ4v) is 2.85. The van der Waals surface area contributed by atoms with Crippen molar-refractivity contribution >= 4 is 23.2 Å². The van der Waals surface area contributed by atoms with Crippen molar-refractivity contribution in [3.8, 4) is 0 Å². The van der Waals surface area contributed by atoms with Crippen molar-refractivity contribution in [2.24, 2.45) is 0 Å². The Morgan fingerprint density at radius 2 is 1.85 bits per heavy atom. The summed E-state index contributed by atoms with van der Waals surface area (Å²) in [5.41, 5.74) is 0. The van der Waals surface area contributed by atoms with Gasteiger partial charge in [0.15, 0.2) is 0 Å². The molecule has 6 nitrogen and oxygen atoms in total. The zero-order valence-corrected chi connectivity index (χ0v) is 10.9. The number of aromatic nitrogens is 2. The van der Waals surface area contributed by atoms with Crippen LogP contribution in [0.25, 0.3) is 0 Å². The number of carbonyl (C=O) groups excluding carboxylic acids is 1. The SMILES string of the molecule is O=C(O)c1nnc(C2CCN(C(=O)C(F)(F)F)CC2)s1. The lowest BCUT2D eigenvalue weighted by atomic mass is 9.97. The number of likely N-dealkylation sites (tertiary alicyclic amines) is 1. The van der Waals surface area contributed by atoms with Crippen LogP contribution in [0.2, 0.25) is 0 Å².